The number of aryl methyl sites for hydroxylation is 1. The van der Waals surface area contributed by atoms with E-state index in [1.54, 1.807) is 0 Å². The third kappa shape index (κ3) is 4.57. The molecule has 0 saturated heterocycles. The van der Waals surface area contributed by atoms with Crippen LogP contribution < -0.4 is 10.1 Å². The molecule has 0 saturated carbocycles. The number of H-pyrrole nitrogens is 1. The van der Waals surface area contributed by atoms with Gasteiger partial charge in [0.05, 0.1) is 6.61 Å². The summed E-state index contributed by atoms with van der Waals surface area (Å²) < 4.78 is 5.99. The first-order chi connectivity index (χ1) is 15.3. The van der Waals surface area contributed by atoms with Crippen LogP contribution in [0.3, 0.4) is 0 Å². The number of hydrogen-bond donors (Lipinski definition) is 2. The largest absolute Gasteiger partial charge is 0.494 e. The molecule has 5 rings (SSSR count). The average Bonchev–Trinajstić information content (AvgIpc) is 3.17. The van der Waals surface area contributed by atoms with Gasteiger partial charge >= 0.3 is 0 Å². The second-order valence-electron chi connectivity index (χ2n) is 9.24. The van der Waals surface area contributed by atoms with Gasteiger partial charge in [0.25, 0.3) is 0 Å². The highest BCUT2D eigenvalue weighted by molar-refractivity contribution is 5.86. The summed E-state index contributed by atoms with van der Waals surface area (Å²) in [6, 6.07) is 18.0. The smallest absolute Gasteiger partial charge is 0.120 e. The van der Waals surface area contributed by atoms with E-state index in [0.29, 0.717) is 6.04 Å². The van der Waals surface area contributed by atoms with Gasteiger partial charge in [-0.15, -0.1) is 0 Å². The monoisotopic (exact) mass is 414 g/mol. The number of aromatic nitrogens is 1. The summed E-state index contributed by atoms with van der Waals surface area (Å²) in [6.07, 6.45) is 10.6. The zero-order chi connectivity index (χ0) is 21.0. The molecule has 0 amide bonds. The first-order valence-corrected chi connectivity index (χ1v) is 12.0. The van der Waals surface area contributed by atoms with Crippen LogP contribution in [0.4, 0.5) is 0 Å². The molecule has 2 aromatic carbocycles. The lowest BCUT2D eigenvalue weighted by Gasteiger charge is -2.30. The van der Waals surface area contributed by atoms with Gasteiger partial charge in [-0.05, 0) is 79.3 Å². The van der Waals surface area contributed by atoms with Gasteiger partial charge in [-0.2, -0.15) is 0 Å². The van der Waals surface area contributed by atoms with E-state index in [0.717, 1.165) is 44.1 Å². The van der Waals surface area contributed by atoms with Crippen molar-refractivity contribution in [2.24, 2.45) is 5.92 Å². The zero-order valence-electron chi connectivity index (χ0n) is 18.6. The van der Waals surface area contributed by atoms with Gasteiger partial charge in [0, 0.05) is 29.2 Å². The van der Waals surface area contributed by atoms with Gasteiger partial charge in [-0.1, -0.05) is 49.8 Å². The van der Waals surface area contributed by atoms with Crippen molar-refractivity contribution >= 4 is 16.5 Å². The minimum atomic E-state index is 0.574. The van der Waals surface area contributed by atoms with Gasteiger partial charge in [-0.3, -0.25) is 0 Å². The van der Waals surface area contributed by atoms with E-state index in [1.807, 2.05) is 0 Å². The quantitative estimate of drug-likeness (QED) is 0.446. The molecule has 3 nitrogen and oxygen atoms in total. The van der Waals surface area contributed by atoms with Crippen LogP contribution in [-0.4, -0.2) is 24.2 Å². The summed E-state index contributed by atoms with van der Waals surface area (Å²) in [5, 5.41) is 5.13. The molecule has 2 aliphatic rings. The normalized spacial score (nSPS) is 21.0. The van der Waals surface area contributed by atoms with Crippen molar-refractivity contribution in [1.82, 2.24) is 10.3 Å². The van der Waals surface area contributed by atoms with E-state index in [2.05, 4.69) is 71.8 Å². The van der Waals surface area contributed by atoms with Crippen molar-refractivity contribution in [2.45, 2.75) is 57.9 Å². The highest BCUT2D eigenvalue weighted by atomic mass is 16.5. The molecule has 3 aromatic rings. The lowest BCUT2D eigenvalue weighted by atomic mass is 9.80. The molecule has 1 aliphatic carbocycles. The van der Waals surface area contributed by atoms with Crippen molar-refractivity contribution in [2.75, 3.05) is 13.2 Å². The van der Waals surface area contributed by atoms with Gasteiger partial charge in [-0.25, -0.2) is 0 Å². The molecule has 0 spiro atoms. The van der Waals surface area contributed by atoms with E-state index in [9.17, 15) is 0 Å². The van der Waals surface area contributed by atoms with Crippen molar-refractivity contribution in [3.05, 3.63) is 71.4 Å². The number of nitrogens with one attached hydrogen (secondary N) is 2. The van der Waals surface area contributed by atoms with Crippen LogP contribution in [-0.2, 0) is 12.8 Å². The Hall–Kier alpha value is -2.52. The number of hydrogen-bond acceptors (Lipinski definition) is 2. The number of rotatable bonds is 7. The Labute approximate surface area is 185 Å². The maximum atomic E-state index is 5.99. The summed E-state index contributed by atoms with van der Waals surface area (Å²) in [4.78, 5) is 3.68. The van der Waals surface area contributed by atoms with Gasteiger partial charge in [0.15, 0.2) is 0 Å². The molecule has 2 heterocycles. The molecule has 0 radical (unpaired) electrons. The zero-order valence-corrected chi connectivity index (χ0v) is 18.6. The Kier molecular flexibility index (Phi) is 6.13. The first kappa shape index (κ1) is 20.4. The molecule has 0 fully saturated rings. The van der Waals surface area contributed by atoms with Crippen LogP contribution in [0, 0.1) is 5.92 Å². The predicted octanol–water partition coefficient (Wildman–Crippen LogP) is 6.29. The van der Waals surface area contributed by atoms with Crippen LogP contribution in [0.5, 0.6) is 5.75 Å². The number of benzene rings is 2. The standard InChI is InChI=1S/C28H34N2O/c1-2-3-15-31-24-10-12-28-26(19-24)25-17-20(9-11-27(25)30-28)16-23-18-22(13-14-29-23)21-7-5-4-6-8-21/h4-8,10,12-13,19-20,23,29-30H,2-3,9,11,14-18H2,1H3. The maximum Gasteiger partial charge on any atom is 0.120 e. The second-order valence-corrected chi connectivity index (χ2v) is 9.24. The van der Waals surface area contributed by atoms with E-state index in [-0.39, 0.29) is 0 Å². The minimum Gasteiger partial charge on any atom is -0.494 e. The molecular formula is C28H34N2O. The predicted molar refractivity (Wildman–Crippen MR) is 130 cm³/mol. The van der Waals surface area contributed by atoms with Gasteiger partial charge in [0.2, 0.25) is 0 Å². The molecule has 2 atom stereocenters. The molecule has 3 heteroatoms. The minimum absolute atomic E-state index is 0.574. The fourth-order valence-corrected chi connectivity index (χ4v) is 5.32. The Balaban J connectivity index is 1.27. The lowest BCUT2D eigenvalue weighted by molar-refractivity contribution is 0.310. The summed E-state index contributed by atoms with van der Waals surface area (Å²) in [5.74, 6) is 1.75. The third-order valence-electron chi connectivity index (χ3n) is 7.01. The van der Waals surface area contributed by atoms with Gasteiger partial charge < -0.3 is 15.0 Å². The Morgan fingerprint density at radius 3 is 2.84 bits per heavy atom. The lowest BCUT2D eigenvalue weighted by Crippen LogP contribution is -2.35. The molecule has 1 aromatic heterocycles. The number of unbranched alkanes of at least 4 members (excludes halogenated alkanes) is 1. The number of aromatic amines is 1. The molecule has 1 aliphatic heterocycles. The third-order valence-corrected chi connectivity index (χ3v) is 7.01. The molecule has 162 valence electrons. The second kappa shape index (κ2) is 9.32. The Morgan fingerprint density at radius 1 is 1.06 bits per heavy atom. The molecule has 2 N–H and O–H groups in total. The Bertz CT molecular complexity index is 1050. The van der Waals surface area contributed by atoms with Crippen LogP contribution in [0.2, 0.25) is 0 Å². The summed E-state index contributed by atoms with van der Waals surface area (Å²) in [5.41, 5.74) is 7.12. The van der Waals surface area contributed by atoms with Crippen LogP contribution >= 0.6 is 0 Å². The fourth-order valence-electron chi connectivity index (χ4n) is 5.32. The van der Waals surface area contributed by atoms with E-state index in [1.165, 1.54) is 59.0 Å². The van der Waals surface area contributed by atoms with Crippen molar-refractivity contribution in [3.8, 4) is 5.75 Å². The van der Waals surface area contributed by atoms with Crippen molar-refractivity contribution in [1.29, 1.82) is 0 Å². The van der Waals surface area contributed by atoms with E-state index in [4.69, 9.17) is 4.74 Å². The molecular weight excluding hydrogens is 380 g/mol. The highest BCUT2D eigenvalue weighted by Crippen LogP contribution is 2.36. The van der Waals surface area contributed by atoms with Crippen LogP contribution in [0.25, 0.3) is 16.5 Å². The first-order valence-electron chi connectivity index (χ1n) is 12.0. The summed E-state index contributed by atoms with van der Waals surface area (Å²) >= 11 is 0. The SMILES string of the molecule is CCCCOc1ccc2[nH]c3c(c2c1)CC(CC1CC(c2ccccc2)=CCN1)CC3. The average molecular weight is 415 g/mol. The number of fused-ring (bicyclic) bond motifs is 3. The van der Waals surface area contributed by atoms with Crippen LogP contribution in [0.15, 0.2) is 54.6 Å². The molecule has 0 bridgehead atoms. The van der Waals surface area contributed by atoms with Crippen molar-refractivity contribution in [3.63, 3.8) is 0 Å². The Morgan fingerprint density at radius 2 is 1.97 bits per heavy atom. The van der Waals surface area contributed by atoms with Crippen LogP contribution in [0.1, 0.15) is 55.8 Å². The number of ether oxygens (including phenoxy) is 1. The molecule has 2 unspecified atom stereocenters. The summed E-state index contributed by atoms with van der Waals surface area (Å²) in [7, 11) is 0. The highest BCUT2D eigenvalue weighted by Gasteiger charge is 2.26. The summed E-state index contributed by atoms with van der Waals surface area (Å²) in [6.45, 7) is 4.00. The van der Waals surface area contributed by atoms with E-state index < -0.39 is 0 Å². The van der Waals surface area contributed by atoms with Crippen molar-refractivity contribution < 1.29 is 4.74 Å². The topological polar surface area (TPSA) is 37.0 Å². The fraction of sp³-hybridized carbons (Fsp3) is 0.429. The van der Waals surface area contributed by atoms with Gasteiger partial charge in [0.1, 0.15) is 5.75 Å². The van der Waals surface area contributed by atoms with E-state index >= 15 is 0 Å². The maximum absolute atomic E-state index is 5.99. The molecule has 31 heavy (non-hydrogen) atoms.